The van der Waals surface area contributed by atoms with Gasteiger partial charge in [-0.15, -0.1) is 0 Å². The minimum absolute atomic E-state index is 0.000437. The Hall–Kier alpha value is -3.62. The standard InChI is InChI=1S/C22H15Cl2N3O5/c1-2-31-22(30)17-18(24)16(32-19(17)26-13-7-5-6-12(23)10-13)11-25-27-20(28)14-8-3-4-9-15(14)21(27)29/h3-11,26H,2H2,1H3/b25-11-. The SMILES string of the molecule is CCOC(=O)c1c(Nc2cccc(Cl)c2)oc(/C=N\N2C(=O)c3ccccc3C2=O)c1Cl. The average Bonchev–Trinajstić information content (AvgIpc) is 3.20. The maximum Gasteiger partial charge on any atom is 0.345 e. The van der Waals surface area contributed by atoms with E-state index in [1.54, 1.807) is 43.3 Å². The molecular formula is C22H15Cl2N3O5. The van der Waals surface area contributed by atoms with Crippen LogP contribution in [0, 0.1) is 0 Å². The Balaban J connectivity index is 1.68. The fraction of sp³-hybridized carbons (Fsp3) is 0.0909. The number of nitrogens with one attached hydrogen (secondary N) is 1. The average molecular weight is 472 g/mol. The summed E-state index contributed by atoms with van der Waals surface area (Å²) in [5, 5.41) is 7.96. The van der Waals surface area contributed by atoms with Crippen LogP contribution in [0.4, 0.5) is 11.6 Å². The Morgan fingerprint density at radius 3 is 2.44 bits per heavy atom. The van der Waals surface area contributed by atoms with Crippen LogP contribution in [0.15, 0.2) is 58.0 Å². The number of benzene rings is 2. The molecule has 0 atom stereocenters. The van der Waals surface area contributed by atoms with Crippen molar-refractivity contribution < 1.29 is 23.5 Å². The quantitative estimate of drug-likeness (QED) is 0.303. The Kier molecular flexibility index (Phi) is 5.98. The number of hydrogen-bond acceptors (Lipinski definition) is 7. The number of furan rings is 1. The van der Waals surface area contributed by atoms with Crippen LogP contribution in [-0.2, 0) is 4.74 Å². The normalized spacial score (nSPS) is 13.0. The predicted octanol–water partition coefficient (Wildman–Crippen LogP) is 5.14. The molecule has 2 aromatic carbocycles. The van der Waals surface area contributed by atoms with Gasteiger partial charge in [-0.3, -0.25) is 9.59 Å². The monoisotopic (exact) mass is 471 g/mol. The van der Waals surface area contributed by atoms with Gasteiger partial charge in [0.15, 0.2) is 5.76 Å². The molecule has 10 heteroatoms. The van der Waals surface area contributed by atoms with Crippen molar-refractivity contribution >= 4 is 58.8 Å². The van der Waals surface area contributed by atoms with Crippen molar-refractivity contribution in [3.63, 3.8) is 0 Å². The summed E-state index contributed by atoms with van der Waals surface area (Å²) in [6, 6.07) is 13.1. The van der Waals surface area contributed by atoms with Crippen molar-refractivity contribution in [3.8, 4) is 0 Å². The number of hydrogen-bond donors (Lipinski definition) is 1. The van der Waals surface area contributed by atoms with E-state index in [1.165, 1.54) is 12.1 Å². The molecular weight excluding hydrogens is 457 g/mol. The van der Waals surface area contributed by atoms with Gasteiger partial charge in [0.05, 0.1) is 23.9 Å². The number of carbonyl (C=O) groups is 3. The molecule has 0 radical (unpaired) electrons. The molecule has 2 heterocycles. The molecule has 0 spiro atoms. The number of esters is 1. The van der Waals surface area contributed by atoms with Crippen molar-refractivity contribution in [1.82, 2.24) is 5.01 Å². The Labute approximate surface area is 192 Å². The van der Waals surface area contributed by atoms with Gasteiger partial charge in [-0.05, 0) is 37.3 Å². The molecule has 32 heavy (non-hydrogen) atoms. The zero-order valence-corrected chi connectivity index (χ0v) is 18.1. The van der Waals surface area contributed by atoms with Crippen LogP contribution in [0.2, 0.25) is 10.0 Å². The number of halogens is 2. The number of ether oxygens (including phenoxy) is 1. The minimum atomic E-state index is -0.717. The number of hydrazone groups is 1. The summed E-state index contributed by atoms with van der Waals surface area (Å²) >= 11 is 12.4. The molecule has 0 saturated carbocycles. The first-order valence-corrected chi connectivity index (χ1v) is 10.2. The number of anilines is 2. The van der Waals surface area contributed by atoms with Crippen molar-refractivity contribution in [2.75, 3.05) is 11.9 Å². The van der Waals surface area contributed by atoms with Gasteiger partial charge >= 0.3 is 5.97 Å². The first-order valence-electron chi connectivity index (χ1n) is 9.44. The van der Waals surface area contributed by atoms with Crippen LogP contribution in [-0.4, -0.2) is 35.6 Å². The summed E-state index contributed by atoms with van der Waals surface area (Å²) in [6.07, 6.45) is 1.09. The van der Waals surface area contributed by atoms with E-state index in [2.05, 4.69) is 10.4 Å². The topological polar surface area (TPSA) is 101 Å². The van der Waals surface area contributed by atoms with Gasteiger partial charge in [-0.1, -0.05) is 41.4 Å². The smallest absolute Gasteiger partial charge is 0.345 e. The summed E-state index contributed by atoms with van der Waals surface area (Å²) < 4.78 is 10.7. The van der Waals surface area contributed by atoms with Gasteiger partial charge in [-0.2, -0.15) is 10.1 Å². The van der Waals surface area contributed by atoms with Crippen molar-refractivity contribution in [2.24, 2.45) is 5.10 Å². The fourth-order valence-corrected chi connectivity index (χ4v) is 3.51. The van der Waals surface area contributed by atoms with Gasteiger partial charge in [0.1, 0.15) is 10.6 Å². The van der Waals surface area contributed by atoms with E-state index in [0.717, 1.165) is 6.21 Å². The summed E-state index contributed by atoms with van der Waals surface area (Å²) in [6.45, 7) is 1.77. The van der Waals surface area contributed by atoms with Gasteiger partial charge in [0, 0.05) is 10.7 Å². The summed E-state index contributed by atoms with van der Waals surface area (Å²) in [5.41, 5.74) is 0.973. The van der Waals surface area contributed by atoms with E-state index in [1.807, 2.05) is 0 Å². The third kappa shape index (κ3) is 3.98. The lowest BCUT2D eigenvalue weighted by molar-refractivity contribution is 0.0526. The second kappa shape index (κ2) is 8.86. The zero-order valence-electron chi connectivity index (χ0n) is 16.6. The molecule has 162 valence electrons. The van der Waals surface area contributed by atoms with Crippen LogP contribution in [0.1, 0.15) is 43.8 Å². The van der Waals surface area contributed by atoms with Gasteiger partial charge in [0.2, 0.25) is 5.88 Å². The number of imide groups is 1. The van der Waals surface area contributed by atoms with Crippen molar-refractivity contribution in [3.05, 3.63) is 81.0 Å². The predicted molar refractivity (Wildman–Crippen MR) is 119 cm³/mol. The first-order chi connectivity index (χ1) is 15.4. The number of amides is 2. The van der Waals surface area contributed by atoms with E-state index in [-0.39, 0.29) is 40.0 Å². The highest BCUT2D eigenvalue weighted by atomic mass is 35.5. The van der Waals surface area contributed by atoms with Crippen LogP contribution >= 0.6 is 23.2 Å². The van der Waals surface area contributed by atoms with Gasteiger partial charge in [-0.25, -0.2) is 4.79 Å². The Bertz CT molecular complexity index is 1230. The lowest BCUT2D eigenvalue weighted by Crippen LogP contribution is -2.23. The molecule has 0 saturated heterocycles. The second-order valence-electron chi connectivity index (χ2n) is 6.55. The van der Waals surface area contributed by atoms with Crippen molar-refractivity contribution in [2.45, 2.75) is 6.92 Å². The summed E-state index contributed by atoms with van der Waals surface area (Å²) in [4.78, 5) is 37.4. The van der Waals surface area contributed by atoms with Gasteiger partial charge < -0.3 is 14.5 Å². The largest absolute Gasteiger partial charge is 0.462 e. The first kappa shape index (κ1) is 21.6. The van der Waals surface area contributed by atoms with E-state index < -0.39 is 17.8 Å². The second-order valence-corrected chi connectivity index (χ2v) is 7.37. The number of fused-ring (bicyclic) bond motifs is 1. The zero-order chi connectivity index (χ0) is 22.8. The molecule has 0 bridgehead atoms. The highest BCUT2D eigenvalue weighted by molar-refractivity contribution is 6.36. The minimum Gasteiger partial charge on any atom is -0.462 e. The van der Waals surface area contributed by atoms with Crippen LogP contribution in [0.5, 0.6) is 0 Å². The van der Waals surface area contributed by atoms with Crippen LogP contribution in [0.25, 0.3) is 0 Å². The molecule has 8 nitrogen and oxygen atoms in total. The van der Waals surface area contributed by atoms with E-state index in [0.29, 0.717) is 15.7 Å². The van der Waals surface area contributed by atoms with E-state index in [4.69, 9.17) is 32.4 Å². The number of carbonyl (C=O) groups excluding carboxylic acids is 3. The molecule has 1 aliphatic rings. The molecule has 0 unspecified atom stereocenters. The van der Waals surface area contributed by atoms with Crippen molar-refractivity contribution in [1.29, 1.82) is 0 Å². The third-order valence-corrected chi connectivity index (χ3v) is 5.11. The van der Waals surface area contributed by atoms with E-state index in [9.17, 15) is 14.4 Å². The summed E-state index contributed by atoms with van der Waals surface area (Å²) in [5.74, 6) is -1.92. The molecule has 2 amide bonds. The lowest BCUT2D eigenvalue weighted by atomic mass is 10.1. The maximum absolute atomic E-state index is 12.5. The third-order valence-electron chi connectivity index (χ3n) is 4.50. The Morgan fingerprint density at radius 2 is 1.81 bits per heavy atom. The summed E-state index contributed by atoms with van der Waals surface area (Å²) in [7, 11) is 0. The highest BCUT2D eigenvalue weighted by Crippen LogP contribution is 2.34. The molecule has 1 aliphatic heterocycles. The molecule has 1 aromatic heterocycles. The Morgan fingerprint density at radius 1 is 1.12 bits per heavy atom. The lowest BCUT2D eigenvalue weighted by Gasteiger charge is -2.06. The molecule has 4 rings (SSSR count). The van der Waals surface area contributed by atoms with Crippen LogP contribution < -0.4 is 5.32 Å². The molecule has 1 N–H and O–H groups in total. The maximum atomic E-state index is 12.5. The highest BCUT2D eigenvalue weighted by Gasteiger charge is 2.35. The van der Waals surface area contributed by atoms with Gasteiger partial charge in [0.25, 0.3) is 11.8 Å². The molecule has 3 aromatic rings. The molecule has 0 fully saturated rings. The fourth-order valence-electron chi connectivity index (χ4n) is 3.07. The van der Waals surface area contributed by atoms with Crippen LogP contribution in [0.3, 0.4) is 0 Å². The number of rotatable bonds is 6. The van der Waals surface area contributed by atoms with E-state index >= 15 is 0 Å². The number of nitrogens with zero attached hydrogens (tertiary/aromatic N) is 2. The molecule has 0 aliphatic carbocycles.